The largest absolute Gasteiger partial charge is 0.158 e. The average molecular weight is 303 g/mol. The molecule has 2 aromatic rings. The summed E-state index contributed by atoms with van der Waals surface area (Å²) in [6.45, 7) is 4.25. The highest BCUT2D eigenvalue weighted by Crippen LogP contribution is 2.35. The second-order valence-corrected chi connectivity index (χ2v) is 6.28. The number of halogens is 1. The standard InChI is InChI=1S/C10H11BrN2S2/c1-3-7(11)9-12-13-10(15-9)8-6(2)4-5-14-8/h4-5,7H,3H2,1-2H3. The van der Waals surface area contributed by atoms with E-state index < -0.39 is 0 Å². The van der Waals surface area contributed by atoms with Crippen LogP contribution < -0.4 is 0 Å². The Balaban J connectivity index is 2.32. The van der Waals surface area contributed by atoms with Gasteiger partial charge in [0, 0.05) is 0 Å². The molecule has 80 valence electrons. The highest BCUT2D eigenvalue weighted by molar-refractivity contribution is 9.09. The van der Waals surface area contributed by atoms with E-state index in [-0.39, 0.29) is 0 Å². The molecule has 0 aliphatic carbocycles. The molecule has 0 N–H and O–H groups in total. The number of thiophene rings is 1. The van der Waals surface area contributed by atoms with E-state index in [9.17, 15) is 0 Å². The molecule has 1 unspecified atom stereocenters. The van der Waals surface area contributed by atoms with Gasteiger partial charge in [-0.25, -0.2) is 0 Å². The van der Waals surface area contributed by atoms with Crippen molar-refractivity contribution in [2.75, 3.05) is 0 Å². The van der Waals surface area contributed by atoms with Crippen LogP contribution in [0.1, 0.15) is 28.7 Å². The predicted octanol–water partition coefficient (Wildman–Crippen LogP) is 4.42. The lowest BCUT2D eigenvalue weighted by Crippen LogP contribution is -1.84. The van der Waals surface area contributed by atoms with Crippen LogP contribution in [0.25, 0.3) is 9.88 Å². The molecule has 2 rings (SSSR count). The Kier molecular flexibility index (Phi) is 3.53. The van der Waals surface area contributed by atoms with Crippen molar-refractivity contribution in [2.24, 2.45) is 0 Å². The van der Waals surface area contributed by atoms with Crippen LogP contribution in [0, 0.1) is 6.92 Å². The number of aryl methyl sites for hydroxylation is 1. The Hall–Kier alpha value is -0.260. The summed E-state index contributed by atoms with van der Waals surface area (Å²) < 4.78 is 0. The second kappa shape index (κ2) is 4.72. The van der Waals surface area contributed by atoms with Crippen molar-refractivity contribution in [3.63, 3.8) is 0 Å². The van der Waals surface area contributed by atoms with Crippen LogP contribution in [0.4, 0.5) is 0 Å². The minimum atomic E-state index is 0.337. The van der Waals surface area contributed by atoms with Gasteiger partial charge in [-0.2, -0.15) is 0 Å². The number of aromatic nitrogens is 2. The monoisotopic (exact) mass is 302 g/mol. The van der Waals surface area contributed by atoms with Crippen molar-refractivity contribution >= 4 is 38.6 Å². The Morgan fingerprint density at radius 2 is 2.27 bits per heavy atom. The van der Waals surface area contributed by atoms with Gasteiger partial charge >= 0.3 is 0 Å². The molecule has 5 heteroatoms. The van der Waals surface area contributed by atoms with E-state index in [2.05, 4.69) is 51.4 Å². The summed E-state index contributed by atoms with van der Waals surface area (Å²) in [7, 11) is 0. The lowest BCUT2D eigenvalue weighted by molar-refractivity contribution is 0.870. The van der Waals surface area contributed by atoms with Gasteiger partial charge in [-0.1, -0.05) is 34.2 Å². The molecule has 0 saturated carbocycles. The highest BCUT2D eigenvalue weighted by atomic mass is 79.9. The van der Waals surface area contributed by atoms with Gasteiger partial charge < -0.3 is 0 Å². The summed E-state index contributed by atoms with van der Waals surface area (Å²) in [6, 6.07) is 2.12. The quantitative estimate of drug-likeness (QED) is 0.784. The van der Waals surface area contributed by atoms with Gasteiger partial charge in [-0.3, -0.25) is 0 Å². The first-order valence-electron chi connectivity index (χ1n) is 4.74. The first kappa shape index (κ1) is 11.2. The zero-order chi connectivity index (χ0) is 10.8. The molecule has 0 fully saturated rings. The molecule has 0 saturated heterocycles. The molecule has 2 nitrogen and oxygen atoms in total. The minimum Gasteiger partial charge on any atom is -0.142 e. The van der Waals surface area contributed by atoms with Gasteiger partial charge in [-0.05, 0) is 30.4 Å². The van der Waals surface area contributed by atoms with Crippen LogP contribution in [-0.4, -0.2) is 10.2 Å². The van der Waals surface area contributed by atoms with Crippen LogP contribution in [0.2, 0.25) is 0 Å². The first-order chi connectivity index (χ1) is 7.22. The van der Waals surface area contributed by atoms with Gasteiger partial charge in [0.25, 0.3) is 0 Å². The fourth-order valence-electron chi connectivity index (χ4n) is 1.22. The molecule has 0 amide bonds. The van der Waals surface area contributed by atoms with Gasteiger partial charge in [-0.15, -0.1) is 21.5 Å². The zero-order valence-electron chi connectivity index (χ0n) is 8.53. The van der Waals surface area contributed by atoms with E-state index in [0.717, 1.165) is 16.4 Å². The minimum absolute atomic E-state index is 0.337. The van der Waals surface area contributed by atoms with Crippen LogP contribution in [0.3, 0.4) is 0 Å². The smallest absolute Gasteiger partial charge is 0.142 e. The maximum Gasteiger partial charge on any atom is 0.158 e. The summed E-state index contributed by atoms with van der Waals surface area (Å²) in [4.78, 5) is 1.58. The molecule has 0 aromatic carbocycles. The van der Waals surface area contributed by atoms with Crippen molar-refractivity contribution < 1.29 is 0 Å². The summed E-state index contributed by atoms with van der Waals surface area (Å²) in [5.41, 5.74) is 1.28. The molecule has 0 aliphatic heterocycles. The highest BCUT2D eigenvalue weighted by Gasteiger charge is 2.14. The van der Waals surface area contributed by atoms with Gasteiger partial charge in [0.05, 0.1) is 9.70 Å². The normalized spacial score (nSPS) is 13.0. The Morgan fingerprint density at radius 3 is 2.87 bits per heavy atom. The van der Waals surface area contributed by atoms with Crippen molar-refractivity contribution in [3.8, 4) is 9.88 Å². The Bertz CT molecular complexity index is 450. The van der Waals surface area contributed by atoms with E-state index in [0.29, 0.717) is 4.83 Å². The Labute approximate surface area is 106 Å². The number of hydrogen-bond donors (Lipinski definition) is 0. The summed E-state index contributed by atoms with van der Waals surface area (Å²) >= 11 is 7.00. The van der Waals surface area contributed by atoms with Gasteiger partial charge in [0.2, 0.25) is 0 Å². The predicted molar refractivity (Wildman–Crippen MR) is 69.9 cm³/mol. The van der Waals surface area contributed by atoms with E-state index >= 15 is 0 Å². The van der Waals surface area contributed by atoms with E-state index in [1.54, 1.807) is 22.7 Å². The van der Waals surface area contributed by atoms with Crippen molar-refractivity contribution in [3.05, 3.63) is 22.0 Å². The topological polar surface area (TPSA) is 25.8 Å². The molecule has 0 bridgehead atoms. The van der Waals surface area contributed by atoms with Crippen molar-refractivity contribution in [1.29, 1.82) is 0 Å². The van der Waals surface area contributed by atoms with Crippen LogP contribution in [0.5, 0.6) is 0 Å². The summed E-state index contributed by atoms with van der Waals surface area (Å²) in [5.74, 6) is 0. The number of rotatable bonds is 3. The third-order valence-electron chi connectivity index (χ3n) is 2.12. The van der Waals surface area contributed by atoms with Crippen molar-refractivity contribution in [1.82, 2.24) is 10.2 Å². The van der Waals surface area contributed by atoms with E-state index in [1.165, 1.54) is 10.4 Å². The molecular weight excluding hydrogens is 292 g/mol. The molecule has 15 heavy (non-hydrogen) atoms. The lowest BCUT2D eigenvalue weighted by atomic mass is 10.3. The SMILES string of the molecule is CCC(Br)c1nnc(-c2sccc2C)s1. The number of nitrogens with zero attached hydrogens (tertiary/aromatic N) is 2. The van der Waals surface area contributed by atoms with E-state index in [4.69, 9.17) is 0 Å². The Morgan fingerprint density at radius 1 is 1.47 bits per heavy atom. The number of hydrogen-bond acceptors (Lipinski definition) is 4. The lowest BCUT2D eigenvalue weighted by Gasteiger charge is -1.97. The fourth-order valence-corrected chi connectivity index (χ4v) is 3.57. The summed E-state index contributed by atoms with van der Waals surface area (Å²) in [5, 5.41) is 12.7. The van der Waals surface area contributed by atoms with E-state index in [1.807, 2.05) is 0 Å². The van der Waals surface area contributed by atoms with Gasteiger partial charge in [0.1, 0.15) is 5.01 Å². The average Bonchev–Trinajstić information content (AvgIpc) is 2.84. The second-order valence-electron chi connectivity index (χ2n) is 3.25. The summed E-state index contributed by atoms with van der Waals surface area (Å²) in [6.07, 6.45) is 1.04. The van der Waals surface area contributed by atoms with Crippen LogP contribution in [0.15, 0.2) is 11.4 Å². The molecule has 2 aromatic heterocycles. The zero-order valence-corrected chi connectivity index (χ0v) is 11.7. The molecule has 2 heterocycles. The molecule has 0 aliphatic rings. The fraction of sp³-hybridized carbons (Fsp3) is 0.400. The first-order valence-corrected chi connectivity index (χ1v) is 7.35. The molecule has 0 spiro atoms. The third kappa shape index (κ3) is 2.29. The van der Waals surface area contributed by atoms with Crippen LogP contribution in [-0.2, 0) is 0 Å². The maximum absolute atomic E-state index is 4.24. The van der Waals surface area contributed by atoms with Crippen LogP contribution >= 0.6 is 38.6 Å². The maximum atomic E-state index is 4.24. The van der Waals surface area contributed by atoms with Crippen molar-refractivity contribution in [2.45, 2.75) is 25.1 Å². The van der Waals surface area contributed by atoms with Gasteiger partial charge in [0.15, 0.2) is 5.01 Å². The molecule has 1 atom stereocenters. The molecule has 0 radical (unpaired) electrons. The third-order valence-corrected chi connectivity index (χ3v) is 5.71. The molecular formula is C10H11BrN2S2. The number of alkyl halides is 1.